The predicted octanol–water partition coefficient (Wildman–Crippen LogP) is 5.00. The van der Waals surface area contributed by atoms with Gasteiger partial charge in [0, 0.05) is 5.56 Å². The first-order valence-electron chi connectivity index (χ1n) is 8.11. The molecule has 0 saturated carbocycles. The largest absolute Gasteiger partial charge is 0.508 e. The van der Waals surface area contributed by atoms with Gasteiger partial charge in [-0.1, -0.05) is 60.7 Å². The summed E-state index contributed by atoms with van der Waals surface area (Å²) in [6.07, 6.45) is -2.85. The number of hydrogen-bond donors (Lipinski definition) is 2. The first-order chi connectivity index (χ1) is 12.3. The zero-order valence-corrected chi connectivity index (χ0v) is 13.5. The molecule has 2 N–H and O–H groups in total. The number of benzene rings is 3. The van der Waals surface area contributed by atoms with Gasteiger partial charge in [-0.05, 0) is 34.0 Å². The van der Waals surface area contributed by atoms with Gasteiger partial charge in [-0.3, -0.25) is 0 Å². The van der Waals surface area contributed by atoms with Crippen LogP contribution in [-0.2, 0) is 0 Å². The molecule has 3 aromatic rings. The summed E-state index contributed by atoms with van der Waals surface area (Å²) in [5.74, 6) is -1.75. The molecule has 1 aliphatic rings. The maximum absolute atomic E-state index is 13.9. The summed E-state index contributed by atoms with van der Waals surface area (Å²) in [5.41, 5.74) is -2.15. The number of aliphatic hydroxyl groups is 1. The molecule has 3 aromatic carbocycles. The van der Waals surface area contributed by atoms with E-state index in [9.17, 15) is 23.4 Å². The van der Waals surface area contributed by atoms with E-state index in [0.717, 1.165) is 6.08 Å². The first-order valence-corrected chi connectivity index (χ1v) is 8.11. The van der Waals surface area contributed by atoms with Crippen LogP contribution < -0.4 is 0 Å². The molecule has 2 nitrogen and oxygen atoms in total. The van der Waals surface area contributed by atoms with Crippen LogP contribution in [0.1, 0.15) is 22.6 Å². The Morgan fingerprint density at radius 2 is 1.58 bits per heavy atom. The highest BCUT2D eigenvalue weighted by Crippen LogP contribution is 2.52. The Bertz CT molecular complexity index is 1020. The van der Waals surface area contributed by atoms with Crippen molar-refractivity contribution in [2.45, 2.75) is 17.7 Å². The lowest BCUT2D eigenvalue weighted by Gasteiger charge is -2.39. The minimum Gasteiger partial charge on any atom is -0.508 e. The summed E-state index contributed by atoms with van der Waals surface area (Å²) in [6, 6.07) is 16.5. The van der Waals surface area contributed by atoms with Gasteiger partial charge in [0.2, 0.25) is 0 Å². The average Bonchev–Trinajstić information content (AvgIpc) is 2.62. The van der Waals surface area contributed by atoms with Crippen LogP contribution >= 0.6 is 0 Å². The van der Waals surface area contributed by atoms with E-state index in [1.54, 1.807) is 54.6 Å². The normalized spacial score (nSPS) is 22.4. The van der Waals surface area contributed by atoms with Gasteiger partial charge in [-0.15, -0.1) is 0 Å². The number of aromatic hydroxyl groups is 1. The molecule has 132 valence electrons. The topological polar surface area (TPSA) is 40.5 Å². The van der Waals surface area contributed by atoms with Crippen molar-refractivity contribution >= 4 is 16.8 Å². The van der Waals surface area contributed by atoms with Crippen molar-refractivity contribution in [2.75, 3.05) is 0 Å². The van der Waals surface area contributed by atoms with E-state index >= 15 is 0 Å². The van der Waals surface area contributed by atoms with E-state index < -0.39 is 17.7 Å². The van der Waals surface area contributed by atoms with E-state index in [4.69, 9.17) is 0 Å². The Balaban J connectivity index is 2.10. The van der Waals surface area contributed by atoms with Crippen molar-refractivity contribution in [1.29, 1.82) is 0 Å². The number of phenols is 1. The van der Waals surface area contributed by atoms with E-state index in [1.165, 1.54) is 12.1 Å². The summed E-state index contributed by atoms with van der Waals surface area (Å²) in [4.78, 5) is 0. The molecule has 26 heavy (non-hydrogen) atoms. The molecule has 5 heteroatoms. The van der Waals surface area contributed by atoms with E-state index in [0.29, 0.717) is 21.9 Å². The highest BCUT2D eigenvalue weighted by Gasteiger charge is 2.59. The second kappa shape index (κ2) is 5.61. The highest BCUT2D eigenvalue weighted by molar-refractivity contribution is 5.89. The molecular weight excluding hydrogens is 341 g/mol. The Morgan fingerprint density at radius 3 is 2.35 bits per heavy atom. The van der Waals surface area contributed by atoms with E-state index in [1.807, 2.05) is 0 Å². The number of hydrogen-bond acceptors (Lipinski definition) is 2. The molecule has 0 heterocycles. The molecule has 0 fully saturated rings. The smallest absolute Gasteiger partial charge is 0.421 e. The molecule has 4 rings (SSSR count). The number of halogens is 3. The number of fused-ring (bicyclic) bond motifs is 2. The maximum atomic E-state index is 13.9. The molecule has 0 amide bonds. The summed E-state index contributed by atoms with van der Waals surface area (Å²) in [5, 5.41) is 22.4. The van der Waals surface area contributed by atoms with Crippen molar-refractivity contribution in [2.24, 2.45) is 0 Å². The average molecular weight is 356 g/mol. The SMILES string of the molecule is Oc1ccc2ccccc2c1C1c2ccccc2C=CC1(O)C(F)(F)F. The zero-order valence-electron chi connectivity index (χ0n) is 13.5. The van der Waals surface area contributed by atoms with Gasteiger partial charge in [0.1, 0.15) is 5.75 Å². The van der Waals surface area contributed by atoms with Crippen molar-refractivity contribution in [1.82, 2.24) is 0 Å². The molecule has 0 aromatic heterocycles. The van der Waals surface area contributed by atoms with Crippen molar-refractivity contribution in [3.05, 3.63) is 83.4 Å². The lowest BCUT2D eigenvalue weighted by Crippen LogP contribution is -2.50. The van der Waals surface area contributed by atoms with Crippen LogP contribution in [0.3, 0.4) is 0 Å². The monoisotopic (exact) mass is 356 g/mol. The summed E-state index contributed by atoms with van der Waals surface area (Å²) < 4.78 is 41.7. The van der Waals surface area contributed by atoms with E-state index in [-0.39, 0.29) is 11.3 Å². The van der Waals surface area contributed by atoms with E-state index in [2.05, 4.69) is 0 Å². The Hall–Kier alpha value is -2.79. The summed E-state index contributed by atoms with van der Waals surface area (Å²) in [6.45, 7) is 0. The zero-order chi connectivity index (χ0) is 18.5. The molecular formula is C21H15F3O2. The van der Waals surface area contributed by atoms with Gasteiger partial charge in [0.15, 0.2) is 5.60 Å². The van der Waals surface area contributed by atoms with Gasteiger partial charge in [-0.2, -0.15) is 13.2 Å². The fourth-order valence-electron chi connectivity index (χ4n) is 3.70. The van der Waals surface area contributed by atoms with Crippen LogP contribution in [0.5, 0.6) is 5.75 Å². The third-order valence-electron chi connectivity index (χ3n) is 4.95. The van der Waals surface area contributed by atoms with Crippen LogP contribution in [0.4, 0.5) is 13.2 Å². The Kier molecular flexibility index (Phi) is 3.59. The fraction of sp³-hybridized carbons (Fsp3) is 0.143. The van der Waals surface area contributed by atoms with Gasteiger partial charge in [-0.25, -0.2) is 0 Å². The third-order valence-corrected chi connectivity index (χ3v) is 4.95. The second-order valence-electron chi connectivity index (χ2n) is 6.44. The molecule has 2 unspecified atom stereocenters. The van der Waals surface area contributed by atoms with Crippen molar-refractivity contribution in [3.8, 4) is 5.75 Å². The van der Waals surface area contributed by atoms with Gasteiger partial charge in [0.25, 0.3) is 0 Å². The van der Waals surface area contributed by atoms with Crippen molar-refractivity contribution in [3.63, 3.8) is 0 Å². The maximum Gasteiger partial charge on any atom is 0.421 e. The predicted molar refractivity (Wildman–Crippen MR) is 93.9 cm³/mol. The molecule has 1 aliphatic carbocycles. The van der Waals surface area contributed by atoms with Crippen LogP contribution in [-0.4, -0.2) is 22.0 Å². The number of alkyl halides is 3. The Morgan fingerprint density at radius 1 is 0.885 bits per heavy atom. The molecule has 0 bridgehead atoms. The lowest BCUT2D eigenvalue weighted by molar-refractivity contribution is -0.244. The minimum absolute atomic E-state index is 0.0692. The second-order valence-corrected chi connectivity index (χ2v) is 6.44. The lowest BCUT2D eigenvalue weighted by atomic mass is 9.70. The summed E-state index contributed by atoms with van der Waals surface area (Å²) in [7, 11) is 0. The first kappa shape index (κ1) is 16.7. The number of phenolic OH excluding ortho intramolecular Hbond substituents is 1. The third kappa shape index (κ3) is 2.31. The fourth-order valence-corrected chi connectivity index (χ4v) is 3.70. The Labute approximate surface area is 147 Å². The molecule has 0 radical (unpaired) electrons. The van der Waals surface area contributed by atoms with Gasteiger partial charge >= 0.3 is 6.18 Å². The van der Waals surface area contributed by atoms with Crippen LogP contribution in [0.15, 0.2) is 66.7 Å². The van der Waals surface area contributed by atoms with Gasteiger partial charge in [0.05, 0.1) is 5.92 Å². The van der Waals surface area contributed by atoms with Crippen LogP contribution in [0.2, 0.25) is 0 Å². The molecule has 0 saturated heterocycles. The van der Waals surface area contributed by atoms with Crippen molar-refractivity contribution < 1.29 is 23.4 Å². The molecule has 2 atom stereocenters. The number of rotatable bonds is 1. The standard InChI is InChI=1S/C21H15F3O2/c22-21(23,24)20(26)12-11-14-6-2-4-8-16(14)19(20)18-15-7-3-1-5-13(15)9-10-17(18)25/h1-12,19,25-26H. The van der Waals surface area contributed by atoms with Crippen LogP contribution in [0.25, 0.3) is 16.8 Å². The highest BCUT2D eigenvalue weighted by atomic mass is 19.4. The van der Waals surface area contributed by atoms with Crippen LogP contribution in [0, 0.1) is 0 Å². The summed E-state index contributed by atoms with van der Waals surface area (Å²) >= 11 is 0. The minimum atomic E-state index is -4.91. The quantitative estimate of drug-likeness (QED) is 0.644. The molecule has 0 spiro atoms. The van der Waals surface area contributed by atoms with Gasteiger partial charge < -0.3 is 10.2 Å². The molecule has 0 aliphatic heterocycles.